The Bertz CT molecular complexity index is 994. The standard InChI is InChI=1S/C18H16Br2N2O5S/c19-14-5-1-12(2-6-14)9-16-18(25)22(11-17(23)24)28(26,27)21(16)10-13-3-7-15(20)8-4-13/h1-8,16H,9-11H2,(H,23,24)/t16-/m0/s1. The maximum absolute atomic E-state index is 12.9. The number of amides is 1. The number of carboxylic acid groups (broad SMARTS) is 1. The number of rotatable bonds is 6. The van der Waals surface area contributed by atoms with Crippen LogP contribution in [0.4, 0.5) is 0 Å². The van der Waals surface area contributed by atoms with E-state index in [9.17, 15) is 18.0 Å². The zero-order valence-corrected chi connectivity index (χ0v) is 18.4. The Morgan fingerprint density at radius 3 is 1.96 bits per heavy atom. The lowest BCUT2D eigenvalue weighted by Crippen LogP contribution is -2.37. The first kappa shape index (κ1) is 21.0. The lowest BCUT2D eigenvalue weighted by atomic mass is 10.0. The van der Waals surface area contributed by atoms with Gasteiger partial charge in [-0.05, 0) is 41.8 Å². The molecule has 0 bridgehead atoms. The van der Waals surface area contributed by atoms with Crippen LogP contribution in [0, 0.1) is 0 Å². The molecule has 1 N–H and O–H groups in total. The minimum atomic E-state index is -4.24. The van der Waals surface area contributed by atoms with Gasteiger partial charge < -0.3 is 5.11 Å². The van der Waals surface area contributed by atoms with E-state index in [4.69, 9.17) is 5.11 Å². The average Bonchev–Trinajstić information content (AvgIpc) is 2.80. The molecule has 0 aliphatic carbocycles. The van der Waals surface area contributed by atoms with Crippen molar-refractivity contribution in [2.75, 3.05) is 6.54 Å². The molecule has 1 heterocycles. The highest BCUT2D eigenvalue weighted by Crippen LogP contribution is 2.29. The van der Waals surface area contributed by atoms with Crippen molar-refractivity contribution >= 4 is 53.9 Å². The number of halogens is 2. The number of carbonyl (C=O) groups excluding carboxylic acids is 1. The van der Waals surface area contributed by atoms with Crippen LogP contribution in [0.3, 0.4) is 0 Å². The van der Waals surface area contributed by atoms with Gasteiger partial charge in [0.25, 0.3) is 5.91 Å². The van der Waals surface area contributed by atoms with E-state index in [2.05, 4.69) is 31.9 Å². The summed E-state index contributed by atoms with van der Waals surface area (Å²) in [4.78, 5) is 23.9. The summed E-state index contributed by atoms with van der Waals surface area (Å²) >= 11 is 6.66. The zero-order valence-electron chi connectivity index (χ0n) is 14.5. The maximum Gasteiger partial charge on any atom is 0.324 e. The highest BCUT2D eigenvalue weighted by molar-refractivity contribution is 9.10. The molecule has 28 heavy (non-hydrogen) atoms. The Kier molecular flexibility index (Phi) is 6.23. The number of aliphatic carboxylic acids is 1. The van der Waals surface area contributed by atoms with Gasteiger partial charge in [-0.2, -0.15) is 12.7 Å². The summed E-state index contributed by atoms with van der Waals surface area (Å²) in [7, 11) is -4.24. The third-order valence-corrected chi connectivity index (χ3v) is 7.23. The Morgan fingerprint density at radius 2 is 1.46 bits per heavy atom. The van der Waals surface area contributed by atoms with Crippen molar-refractivity contribution in [1.82, 2.24) is 8.61 Å². The average molecular weight is 532 g/mol. The lowest BCUT2D eigenvalue weighted by Gasteiger charge is -2.21. The van der Waals surface area contributed by atoms with Crippen LogP contribution < -0.4 is 0 Å². The van der Waals surface area contributed by atoms with Crippen molar-refractivity contribution in [3.63, 3.8) is 0 Å². The second kappa shape index (κ2) is 8.32. The predicted molar refractivity (Wildman–Crippen MR) is 110 cm³/mol. The van der Waals surface area contributed by atoms with Gasteiger partial charge in [-0.25, -0.2) is 4.31 Å². The van der Waals surface area contributed by atoms with E-state index in [0.29, 0.717) is 9.87 Å². The van der Waals surface area contributed by atoms with Crippen LogP contribution in [-0.2, 0) is 32.8 Å². The van der Waals surface area contributed by atoms with Crippen molar-refractivity contribution in [3.8, 4) is 0 Å². The Labute approximate surface area is 179 Å². The molecule has 0 spiro atoms. The van der Waals surface area contributed by atoms with E-state index in [1.165, 1.54) is 0 Å². The third kappa shape index (κ3) is 4.45. The first-order chi connectivity index (χ1) is 13.2. The van der Waals surface area contributed by atoms with Crippen molar-refractivity contribution < 1.29 is 23.1 Å². The van der Waals surface area contributed by atoms with Crippen LogP contribution in [-0.4, -0.2) is 46.6 Å². The van der Waals surface area contributed by atoms with Gasteiger partial charge in [-0.15, -0.1) is 0 Å². The van der Waals surface area contributed by atoms with Gasteiger partial charge in [0.2, 0.25) is 0 Å². The van der Waals surface area contributed by atoms with Gasteiger partial charge in [-0.1, -0.05) is 56.1 Å². The molecular weight excluding hydrogens is 516 g/mol. The molecule has 1 atom stereocenters. The quantitative estimate of drug-likeness (QED) is 0.618. The summed E-state index contributed by atoms with van der Waals surface area (Å²) in [6, 6.07) is 13.2. The normalized spacial score (nSPS) is 19.1. The minimum Gasteiger partial charge on any atom is -0.480 e. The summed E-state index contributed by atoms with van der Waals surface area (Å²) < 4.78 is 29.1. The van der Waals surface area contributed by atoms with Gasteiger partial charge in [0.05, 0.1) is 0 Å². The van der Waals surface area contributed by atoms with E-state index >= 15 is 0 Å². The number of carboxylic acids is 1. The van der Waals surface area contributed by atoms with Crippen molar-refractivity contribution in [3.05, 3.63) is 68.6 Å². The fourth-order valence-electron chi connectivity index (χ4n) is 2.97. The van der Waals surface area contributed by atoms with E-state index in [-0.39, 0.29) is 13.0 Å². The van der Waals surface area contributed by atoms with Gasteiger partial charge in [-0.3, -0.25) is 9.59 Å². The molecule has 1 saturated heterocycles. The summed E-state index contributed by atoms with van der Waals surface area (Å²) in [5.41, 5.74) is 1.47. The molecule has 1 aliphatic heterocycles. The number of hydrogen-bond acceptors (Lipinski definition) is 4. The Morgan fingerprint density at radius 1 is 0.964 bits per heavy atom. The molecule has 0 radical (unpaired) electrons. The number of carbonyl (C=O) groups is 2. The van der Waals surface area contributed by atoms with Crippen LogP contribution in [0.15, 0.2) is 57.5 Å². The molecule has 1 fully saturated rings. The highest BCUT2D eigenvalue weighted by atomic mass is 79.9. The van der Waals surface area contributed by atoms with Crippen LogP contribution in [0.2, 0.25) is 0 Å². The SMILES string of the molecule is O=C(O)CN1C(=O)[C@H](Cc2ccc(Br)cc2)N(Cc2ccc(Br)cc2)S1(=O)=O. The molecule has 3 rings (SSSR count). The van der Waals surface area contributed by atoms with Gasteiger partial charge in [0, 0.05) is 15.5 Å². The molecular formula is C18H16Br2N2O5S. The smallest absolute Gasteiger partial charge is 0.324 e. The maximum atomic E-state index is 12.9. The molecule has 2 aromatic carbocycles. The number of nitrogens with zero attached hydrogens (tertiary/aromatic N) is 2. The monoisotopic (exact) mass is 530 g/mol. The van der Waals surface area contributed by atoms with E-state index in [1.807, 2.05) is 0 Å². The molecule has 10 heteroatoms. The largest absolute Gasteiger partial charge is 0.480 e. The second-order valence-corrected chi connectivity index (χ2v) is 9.90. The van der Waals surface area contributed by atoms with E-state index in [0.717, 1.165) is 18.8 Å². The number of benzene rings is 2. The minimum absolute atomic E-state index is 0.0291. The first-order valence-electron chi connectivity index (χ1n) is 8.22. The molecule has 148 valence electrons. The summed E-state index contributed by atoms with van der Waals surface area (Å²) in [5.74, 6) is -2.12. The predicted octanol–water partition coefficient (Wildman–Crippen LogP) is 2.80. The summed E-state index contributed by atoms with van der Waals surface area (Å²) in [6.45, 7) is -0.923. The van der Waals surface area contributed by atoms with Gasteiger partial charge in [0.1, 0.15) is 12.6 Å². The van der Waals surface area contributed by atoms with Gasteiger partial charge in [0.15, 0.2) is 0 Å². The third-order valence-electron chi connectivity index (χ3n) is 4.33. The molecule has 1 amide bonds. The van der Waals surface area contributed by atoms with Crippen molar-refractivity contribution in [2.24, 2.45) is 0 Å². The summed E-state index contributed by atoms with van der Waals surface area (Å²) in [5, 5.41) is 9.05. The fourth-order valence-corrected chi connectivity index (χ4v) is 5.17. The first-order valence-corrected chi connectivity index (χ1v) is 11.2. The molecule has 7 nitrogen and oxygen atoms in total. The number of hydrogen-bond donors (Lipinski definition) is 1. The van der Waals surface area contributed by atoms with E-state index in [1.54, 1.807) is 48.5 Å². The molecule has 2 aromatic rings. The molecule has 1 aliphatic rings. The van der Waals surface area contributed by atoms with Crippen LogP contribution in [0.1, 0.15) is 11.1 Å². The summed E-state index contributed by atoms with van der Waals surface area (Å²) in [6.07, 6.45) is 0.151. The van der Waals surface area contributed by atoms with Crippen molar-refractivity contribution in [2.45, 2.75) is 19.0 Å². The van der Waals surface area contributed by atoms with Crippen LogP contribution in [0.5, 0.6) is 0 Å². The van der Waals surface area contributed by atoms with Crippen LogP contribution >= 0.6 is 31.9 Å². The van der Waals surface area contributed by atoms with Crippen molar-refractivity contribution in [1.29, 1.82) is 0 Å². The zero-order chi connectivity index (χ0) is 20.5. The topological polar surface area (TPSA) is 95.0 Å². The Balaban J connectivity index is 1.96. The molecule has 0 unspecified atom stereocenters. The van der Waals surface area contributed by atoms with Crippen LogP contribution in [0.25, 0.3) is 0 Å². The molecule has 0 saturated carbocycles. The Hall–Kier alpha value is -1.75. The fraction of sp³-hybridized carbons (Fsp3) is 0.222. The molecule has 0 aromatic heterocycles. The van der Waals surface area contributed by atoms with E-state index < -0.39 is 34.7 Å². The second-order valence-electron chi connectivity index (χ2n) is 6.26. The lowest BCUT2D eigenvalue weighted by molar-refractivity contribution is -0.141. The van der Waals surface area contributed by atoms with Gasteiger partial charge >= 0.3 is 16.2 Å². The highest BCUT2D eigenvalue weighted by Gasteiger charge is 2.50.